The minimum absolute atomic E-state index is 0.530. The van der Waals surface area contributed by atoms with E-state index >= 15 is 0 Å². The first-order valence-corrected chi connectivity index (χ1v) is 6.53. The first-order valence-electron chi connectivity index (χ1n) is 4.90. The summed E-state index contributed by atoms with van der Waals surface area (Å²) in [4.78, 5) is 8.51. The average molecular weight is 281 g/mol. The molecule has 0 N–H and O–H groups in total. The fourth-order valence-electron chi connectivity index (χ4n) is 1.67. The van der Waals surface area contributed by atoms with Crippen LogP contribution in [0.3, 0.4) is 0 Å². The third kappa shape index (κ3) is 1.80. The van der Waals surface area contributed by atoms with Crippen molar-refractivity contribution in [2.75, 3.05) is 0 Å². The molecule has 0 amide bonds. The zero-order chi connectivity index (χ0) is 11.8. The van der Waals surface area contributed by atoms with Crippen LogP contribution in [-0.2, 0) is 0 Å². The molecule has 0 bridgehead atoms. The molecule has 0 fully saturated rings. The Morgan fingerprint density at radius 1 is 1.06 bits per heavy atom. The highest BCUT2D eigenvalue weighted by molar-refractivity contribution is 7.17. The molecule has 3 rings (SSSR count). The summed E-state index contributed by atoms with van der Waals surface area (Å²) in [5.41, 5.74) is 2.60. The summed E-state index contributed by atoms with van der Waals surface area (Å²) >= 11 is 13.8. The first kappa shape index (κ1) is 11.0. The zero-order valence-electron chi connectivity index (χ0n) is 8.52. The van der Waals surface area contributed by atoms with Crippen LogP contribution in [0, 0.1) is 0 Å². The first-order chi connectivity index (χ1) is 8.27. The van der Waals surface area contributed by atoms with Crippen molar-refractivity contribution in [3.05, 3.63) is 46.0 Å². The predicted octanol–water partition coefficient (Wildman–Crippen LogP) is 4.67. The molecule has 2 nitrogen and oxygen atoms in total. The average Bonchev–Trinajstić information content (AvgIpc) is 2.81. The zero-order valence-corrected chi connectivity index (χ0v) is 10.9. The molecule has 0 aliphatic rings. The van der Waals surface area contributed by atoms with Crippen LogP contribution in [0.4, 0.5) is 0 Å². The van der Waals surface area contributed by atoms with Crippen LogP contribution in [0.25, 0.3) is 21.5 Å². The van der Waals surface area contributed by atoms with Crippen molar-refractivity contribution in [2.24, 2.45) is 0 Å². The molecule has 84 valence electrons. The lowest BCUT2D eigenvalue weighted by Gasteiger charge is -2.05. The predicted molar refractivity (Wildman–Crippen MR) is 72.9 cm³/mol. The van der Waals surface area contributed by atoms with Crippen molar-refractivity contribution in [2.45, 2.75) is 0 Å². The van der Waals surface area contributed by atoms with Crippen molar-refractivity contribution in [3.8, 4) is 11.3 Å². The molecule has 0 spiro atoms. The van der Waals surface area contributed by atoms with Gasteiger partial charge in [0.05, 0.1) is 26.0 Å². The molecule has 5 heteroatoms. The monoisotopic (exact) mass is 280 g/mol. The molecule has 3 aromatic rings. The Morgan fingerprint density at radius 3 is 2.82 bits per heavy atom. The van der Waals surface area contributed by atoms with E-state index in [0.717, 1.165) is 21.5 Å². The number of hydrogen-bond acceptors (Lipinski definition) is 3. The van der Waals surface area contributed by atoms with Crippen LogP contribution < -0.4 is 0 Å². The van der Waals surface area contributed by atoms with Gasteiger partial charge in [-0.3, -0.25) is 0 Å². The summed E-state index contributed by atoms with van der Waals surface area (Å²) in [6.07, 6.45) is 1.54. The van der Waals surface area contributed by atoms with Crippen molar-refractivity contribution in [1.29, 1.82) is 0 Å². The minimum Gasteiger partial charge on any atom is -0.235 e. The topological polar surface area (TPSA) is 25.8 Å². The number of halogens is 2. The Bertz CT molecular complexity index is 694. The van der Waals surface area contributed by atoms with Gasteiger partial charge in [0.1, 0.15) is 6.33 Å². The Morgan fingerprint density at radius 2 is 1.94 bits per heavy atom. The number of rotatable bonds is 1. The maximum absolute atomic E-state index is 6.21. The van der Waals surface area contributed by atoms with Crippen molar-refractivity contribution in [1.82, 2.24) is 9.97 Å². The summed E-state index contributed by atoms with van der Waals surface area (Å²) in [6.45, 7) is 0. The number of fused-ring (bicyclic) bond motifs is 1. The summed E-state index contributed by atoms with van der Waals surface area (Å²) in [5.74, 6) is 0. The SMILES string of the molecule is Clc1cccc(-c2ncnc3ccsc23)c1Cl. The number of hydrogen-bond donors (Lipinski definition) is 0. The molecular formula is C12H6Cl2N2S. The third-order valence-electron chi connectivity index (χ3n) is 2.45. The number of nitrogens with zero attached hydrogens (tertiary/aromatic N) is 2. The van der Waals surface area contributed by atoms with E-state index in [-0.39, 0.29) is 0 Å². The maximum atomic E-state index is 6.21. The van der Waals surface area contributed by atoms with Gasteiger partial charge in [0.25, 0.3) is 0 Å². The van der Waals surface area contributed by atoms with Crippen LogP contribution >= 0.6 is 34.5 Å². The van der Waals surface area contributed by atoms with Gasteiger partial charge in [-0.15, -0.1) is 11.3 Å². The second-order valence-corrected chi connectivity index (χ2v) is 5.16. The smallest absolute Gasteiger partial charge is 0.116 e. The van der Waals surface area contributed by atoms with E-state index in [1.54, 1.807) is 23.7 Å². The van der Waals surface area contributed by atoms with E-state index in [1.165, 1.54) is 0 Å². The molecular weight excluding hydrogens is 275 g/mol. The van der Waals surface area contributed by atoms with E-state index in [2.05, 4.69) is 9.97 Å². The highest BCUT2D eigenvalue weighted by Crippen LogP contribution is 2.36. The number of aromatic nitrogens is 2. The molecule has 0 aliphatic carbocycles. The van der Waals surface area contributed by atoms with Gasteiger partial charge < -0.3 is 0 Å². The molecule has 0 atom stereocenters. The van der Waals surface area contributed by atoms with Crippen LogP contribution in [0.1, 0.15) is 0 Å². The molecule has 1 aromatic carbocycles. The second-order valence-electron chi connectivity index (χ2n) is 3.46. The molecule has 0 unspecified atom stereocenters. The van der Waals surface area contributed by atoms with Crippen molar-refractivity contribution < 1.29 is 0 Å². The van der Waals surface area contributed by atoms with Gasteiger partial charge in [-0.1, -0.05) is 35.3 Å². The Hall–Kier alpha value is -1.16. The normalized spacial score (nSPS) is 10.9. The summed E-state index contributed by atoms with van der Waals surface area (Å²) in [7, 11) is 0. The van der Waals surface area contributed by atoms with Crippen LogP contribution in [-0.4, -0.2) is 9.97 Å². The lowest BCUT2D eigenvalue weighted by atomic mass is 10.1. The van der Waals surface area contributed by atoms with E-state index in [4.69, 9.17) is 23.2 Å². The largest absolute Gasteiger partial charge is 0.235 e. The van der Waals surface area contributed by atoms with E-state index in [9.17, 15) is 0 Å². The lowest BCUT2D eigenvalue weighted by Crippen LogP contribution is -1.87. The Kier molecular flexibility index (Phi) is 2.74. The summed E-state index contributed by atoms with van der Waals surface area (Å²) in [5, 5.41) is 3.05. The summed E-state index contributed by atoms with van der Waals surface area (Å²) < 4.78 is 1.02. The van der Waals surface area contributed by atoms with Gasteiger partial charge in [0, 0.05) is 5.56 Å². The fraction of sp³-hybridized carbons (Fsp3) is 0. The highest BCUT2D eigenvalue weighted by atomic mass is 35.5. The van der Waals surface area contributed by atoms with Crippen molar-refractivity contribution >= 4 is 44.8 Å². The molecule has 2 heterocycles. The van der Waals surface area contributed by atoms with Gasteiger partial charge in [0.2, 0.25) is 0 Å². The second kappa shape index (κ2) is 4.26. The third-order valence-corrected chi connectivity index (χ3v) is 4.18. The standard InChI is InChI=1S/C12H6Cl2N2S/c13-8-3-1-2-7(10(8)14)11-12-9(4-5-17-12)15-6-16-11/h1-6H. The van der Waals surface area contributed by atoms with Crippen LogP contribution in [0.5, 0.6) is 0 Å². The van der Waals surface area contributed by atoms with E-state index in [1.807, 2.05) is 23.6 Å². The highest BCUT2D eigenvalue weighted by Gasteiger charge is 2.12. The van der Waals surface area contributed by atoms with Crippen LogP contribution in [0.2, 0.25) is 10.0 Å². The molecule has 0 saturated carbocycles. The molecule has 0 aliphatic heterocycles. The Balaban J connectivity index is 2.34. The van der Waals surface area contributed by atoms with E-state index < -0.39 is 0 Å². The lowest BCUT2D eigenvalue weighted by molar-refractivity contribution is 1.23. The van der Waals surface area contributed by atoms with Gasteiger partial charge >= 0.3 is 0 Å². The van der Waals surface area contributed by atoms with Crippen molar-refractivity contribution in [3.63, 3.8) is 0 Å². The molecule has 0 radical (unpaired) electrons. The summed E-state index contributed by atoms with van der Waals surface area (Å²) in [6, 6.07) is 7.50. The van der Waals surface area contributed by atoms with E-state index in [0.29, 0.717) is 10.0 Å². The number of thiophene rings is 1. The number of benzene rings is 1. The molecule has 17 heavy (non-hydrogen) atoms. The quantitative estimate of drug-likeness (QED) is 0.648. The Labute approximate surface area is 112 Å². The molecule has 2 aromatic heterocycles. The fourth-order valence-corrected chi connectivity index (χ4v) is 2.91. The van der Waals surface area contributed by atoms with Crippen LogP contribution in [0.15, 0.2) is 36.0 Å². The maximum Gasteiger partial charge on any atom is 0.116 e. The van der Waals surface area contributed by atoms with Gasteiger partial charge in [-0.25, -0.2) is 9.97 Å². The molecule has 0 saturated heterocycles. The minimum atomic E-state index is 0.530. The van der Waals surface area contributed by atoms with Gasteiger partial charge in [-0.05, 0) is 17.5 Å². The van der Waals surface area contributed by atoms with Gasteiger partial charge in [-0.2, -0.15) is 0 Å². The van der Waals surface area contributed by atoms with Gasteiger partial charge in [0.15, 0.2) is 0 Å².